The summed E-state index contributed by atoms with van der Waals surface area (Å²) in [5.41, 5.74) is -0.559. The number of amides is 1. The van der Waals surface area contributed by atoms with Gasteiger partial charge in [0.15, 0.2) is 0 Å². The summed E-state index contributed by atoms with van der Waals surface area (Å²) >= 11 is 0. The summed E-state index contributed by atoms with van der Waals surface area (Å²) in [5.74, 6) is 0.519. The zero-order valence-electron chi connectivity index (χ0n) is 12.7. The summed E-state index contributed by atoms with van der Waals surface area (Å²) in [6.07, 6.45) is 1.60. The molecule has 1 N–H and O–H groups in total. The van der Waals surface area contributed by atoms with Crippen molar-refractivity contribution in [2.75, 3.05) is 13.2 Å². The molecule has 1 aliphatic rings. The Bertz CT molecular complexity index is 472. The van der Waals surface area contributed by atoms with E-state index in [0.717, 1.165) is 0 Å². The maximum Gasteiger partial charge on any atom is 0.410 e. The van der Waals surface area contributed by atoms with E-state index >= 15 is 0 Å². The van der Waals surface area contributed by atoms with Crippen molar-refractivity contribution < 1.29 is 19.4 Å². The van der Waals surface area contributed by atoms with Gasteiger partial charge in [-0.05, 0) is 26.8 Å². The second kappa shape index (κ2) is 6.30. The fourth-order valence-corrected chi connectivity index (χ4v) is 2.26. The number of hydrogen-bond acceptors (Lipinski definition) is 5. The van der Waals surface area contributed by atoms with Crippen LogP contribution < -0.4 is 4.74 Å². The van der Waals surface area contributed by atoms with E-state index in [1.807, 2.05) is 32.9 Å². The molecule has 0 unspecified atom stereocenters. The molecule has 1 saturated heterocycles. The molecule has 1 aromatic heterocycles. The van der Waals surface area contributed by atoms with Crippen LogP contribution >= 0.6 is 0 Å². The average molecular weight is 294 g/mol. The zero-order valence-corrected chi connectivity index (χ0v) is 12.7. The number of carbonyl (C=O) groups excluding carboxylic acids is 1. The van der Waals surface area contributed by atoms with E-state index in [1.165, 1.54) is 4.90 Å². The first-order valence-corrected chi connectivity index (χ1v) is 7.07. The first-order chi connectivity index (χ1) is 9.89. The van der Waals surface area contributed by atoms with Crippen LogP contribution in [0.2, 0.25) is 0 Å². The Hall–Kier alpha value is -1.82. The van der Waals surface area contributed by atoms with Crippen LogP contribution in [-0.2, 0) is 4.74 Å². The van der Waals surface area contributed by atoms with Gasteiger partial charge in [0.25, 0.3) is 0 Å². The normalized spacial score (nSPS) is 22.2. The molecule has 2 heterocycles. The Kier molecular flexibility index (Phi) is 4.67. The monoisotopic (exact) mass is 294 g/mol. The Morgan fingerprint density at radius 1 is 1.48 bits per heavy atom. The molecule has 1 aliphatic heterocycles. The molecule has 0 saturated carbocycles. The van der Waals surface area contributed by atoms with Gasteiger partial charge in [0.05, 0.1) is 19.2 Å². The molecular formula is C15H22N2O4. The third-order valence-corrected chi connectivity index (χ3v) is 3.14. The summed E-state index contributed by atoms with van der Waals surface area (Å²) in [6, 6.07) is 5.13. The van der Waals surface area contributed by atoms with E-state index in [-0.39, 0.29) is 18.8 Å². The summed E-state index contributed by atoms with van der Waals surface area (Å²) < 4.78 is 11.1. The molecule has 0 spiro atoms. The maximum atomic E-state index is 12.1. The van der Waals surface area contributed by atoms with Crippen LogP contribution in [0.4, 0.5) is 4.79 Å². The third-order valence-electron chi connectivity index (χ3n) is 3.14. The maximum absolute atomic E-state index is 12.1. The molecular weight excluding hydrogens is 272 g/mol. The Morgan fingerprint density at radius 3 is 2.81 bits per heavy atom. The fraction of sp³-hybridized carbons (Fsp3) is 0.600. The van der Waals surface area contributed by atoms with E-state index in [4.69, 9.17) is 9.47 Å². The highest BCUT2D eigenvalue weighted by atomic mass is 16.6. The minimum Gasteiger partial charge on any atom is -0.472 e. The van der Waals surface area contributed by atoms with Crippen LogP contribution in [0, 0.1) is 0 Å². The van der Waals surface area contributed by atoms with Crippen LogP contribution in [0.25, 0.3) is 0 Å². The van der Waals surface area contributed by atoms with Crippen LogP contribution in [-0.4, -0.2) is 52.0 Å². The molecule has 0 bridgehead atoms. The SMILES string of the molecule is CC(C)(C)OC(=O)N1C[C@@H](Oc2ccccn2)C[C@@H]1CO. The number of aliphatic hydroxyl groups excluding tert-OH is 1. The van der Waals surface area contributed by atoms with E-state index in [0.29, 0.717) is 18.8 Å². The minimum absolute atomic E-state index is 0.110. The molecule has 2 atom stereocenters. The molecule has 0 aliphatic carbocycles. The lowest BCUT2D eigenvalue weighted by atomic mass is 10.2. The summed E-state index contributed by atoms with van der Waals surface area (Å²) in [5, 5.41) is 9.45. The van der Waals surface area contributed by atoms with Crippen molar-refractivity contribution in [2.24, 2.45) is 0 Å². The number of ether oxygens (including phenoxy) is 2. The molecule has 0 aromatic carbocycles. The first kappa shape index (κ1) is 15.6. The van der Waals surface area contributed by atoms with E-state index in [1.54, 1.807) is 12.3 Å². The number of nitrogens with zero attached hydrogens (tertiary/aromatic N) is 2. The van der Waals surface area contributed by atoms with Gasteiger partial charge in [-0.2, -0.15) is 0 Å². The van der Waals surface area contributed by atoms with E-state index in [9.17, 15) is 9.90 Å². The van der Waals surface area contributed by atoms with Gasteiger partial charge in [0.2, 0.25) is 5.88 Å². The quantitative estimate of drug-likeness (QED) is 0.921. The molecule has 0 radical (unpaired) electrons. The first-order valence-electron chi connectivity index (χ1n) is 7.07. The molecule has 6 nitrogen and oxygen atoms in total. The zero-order chi connectivity index (χ0) is 15.5. The van der Waals surface area contributed by atoms with Crippen LogP contribution in [0.3, 0.4) is 0 Å². The van der Waals surface area contributed by atoms with E-state index in [2.05, 4.69) is 4.98 Å². The molecule has 2 rings (SSSR count). The Labute approximate surface area is 124 Å². The largest absolute Gasteiger partial charge is 0.472 e. The molecule has 1 amide bonds. The molecule has 116 valence electrons. The number of carbonyl (C=O) groups is 1. The van der Waals surface area contributed by atoms with Crippen molar-refractivity contribution in [3.8, 4) is 5.88 Å². The van der Waals surface area contributed by atoms with E-state index < -0.39 is 11.7 Å². The van der Waals surface area contributed by atoms with Gasteiger partial charge in [-0.15, -0.1) is 0 Å². The van der Waals surface area contributed by atoms with Gasteiger partial charge in [-0.1, -0.05) is 6.07 Å². The van der Waals surface area contributed by atoms with Gasteiger partial charge in [0.1, 0.15) is 11.7 Å². The predicted molar refractivity (Wildman–Crippen MR) is 77.1 cm³/mol. The topological polar surface area (TPSA) is 71.9 Å². The number of likely N-dealkylation sites (tertiary alicyclic amines) is 1. The number of aromatic nitrogens is 1. The Morgan fingerprint density at radius 2 is 2.24 bits per heavy atom. The lowest BCUT2D eigenvalue weighted by Crippen LogP contribution is -2.41. The van der Waals surface area contributed by atoms with Crippen molar-refractivity contribution in [3.63, 3.8) is 0 Å². The molecule has 6 heteroatoms. The summed E-state index contributed by atoms with van der Waals surface area (Å²) in [4.78, 5) is 17.8. The molecule has 1 fully saturated rings. The number of pyridine rings is 1. The third kappa shape index (κ3) is 4.32. The summed E-state index contributed by atoms with van der Waals surface area (Å²) in [7, 11) is 0. The highest BCUT2D eigenvalue weighted by Crippen LogP contribution is 2.24. The van der Waals surface area contributed by atoms with Gasteiger partial charge in [-0.25, -0.2) is 9.78 Å². The second-order valence-electron chi connectivity index (χ2n) is 6.11. The predicted octanol–water partition coefficient (Wildman–Crippen LogP) is 1.83. The summed E-state index contributed by atoms with van der Waals surface area (Å²) in [6.45, 7) is 5.72. The van der Waals surface area contributed by atoms with Gasteiger partial charge in [0, 0.05) is 18.7 Å². The Balaban J connectivity index is 1.99. The molecule has 1 aromatic rings. The van der Waals surface area contributed by atoms with Crippen molar-refractivity contribution in [1.82, 2.24) is 9.88 Å². The lowest BCUT2D eigenvalue weighted by molar-refractivity contribution is 0.0165. The van der Waals surface area contributed by atoms with Gasteiger partial charge in [-0.3, -0.25) is 4.90 Å². The van der Waals surface area contributed by atoms with Crippen molar-refractivity contribution in [2.45, 2.75) is 44.9 Å². The van der Waals surface area contributed by atoms with Gasteiger partial charge >= 0.3 is 6.09 Å². The highest BCUT2D eigenvalue weighted by Gasteiger charge is 2.38. The lowest BCUT2D eigenvalue weighted by Gasteiger charge is -2.27. The van der Waals surface area contributed by atoms with Gasteiger partial charge < -0.3 is 14.6 Å². The number of hydrogen-bond donors (Lipinski definition) is 1. The van der Waals surface area contributed by atoms with Crippen LogP contribution in [0.15, 0.2) is 24.4 Å². The van der Waals surface area contributed by atoms with Crippen molar-refractivity contribution >= 4 is 6.09 Å². The van der Waals surface area contributed by atoms with Crippen LogP contribution in [0.5, 0.6) is 5.88 Å². The molecule has 21 heavy (non-hydrogen) atoms. The number of aliphatic hydroxyl groups is 1. The fourth-order valence-electron chi connectivity index (χ4n) is 2.26. The smallest absolute Gasteiger partial charge is 0.410 e. The highest BCUT2D eigenvalue weighted by molar-refractivity contribution is 5.69. The second-order valence-corrected chi connectivity index (χ2v) is 6.11. The number of rotatable bonds is 3. The average Bonchev–Trinajstić information content (AvgIpc) is 2.81. The standard InChI is InChI=1S/C15H22N2O4/c1-15(2,3)21-14(19)17-9-12(8-11(17)10-18)20-13-6-4-5-7-16-13/h4-7,11-12,18H,8-10H2,1-3H3/t11-,12+/m1/s1. The van der Waals surface area contributed by atoms with Crippen molar-refractivity contribution in [3.05, 3.63) is 24.4 Å². The van der Waals surface area contributed by atoms with Crippen molar-refractivity contribution in [1.29, 1.82) is 0 Å². The minimum atomic E-state index is -0.559. The van der Waals surface area contributed by atoms with Crippen LogP contribution in [0.1, 0.15) is 27.2 Å².